The van der Waals surface area contributed by atoms with Gasteiger partial charge in [-0.1, -0.05) is 6.92 Å². The minimum atomic E-state index is -1.12. The van der Waals surface area contributed by atoms with Crippen LogP contribution in [-0.2, 0) is 9.59 Å². The highest BCUT2D eigenvalue weighted by molar-refractivity contribution is 5.83. The number of aliphatic hydroxyl groups excluding tert-OH is 1. The van der Waals surface area contributed by atoms with Gasteiger partial charge in [0, 0.05) is 5.92 Å². The molecule has 9 heavy (non-hydrogen) atoms. The lowest BCUT2D eigenvalue weighted by molar-refractivity contribution is -0.130. The van der Waals surface area contributed by atoms with E-state index in [1.165, 1.54) is 13.8 Å². The average molecular weight is 130 g/mol. The smallest absolute Gasteiger partial charge is 0.158 e. The fraction of sp³-hybridized carbons (Fsp3) is 0.667. The van der Waals surface area contributed by atoms with Gasteiger partial charge >= 0.3 is 0 Å². The highest BCUT2D eigenvalue weighted by Crippen LogP contribution is 1.98. The number of aldehydes is 1. The molecule has 0 radical (unpaired) electrons. The zero-order valence-electron chi connectivity index (χ0n) is 5.50. The second-order valence-electron chi connectivity index (χ2n) is 2.05. The summed E-state index contributed by atoms with van der Waals surface area (Å²) >= 11 is 0. The molecule has 0 aliphatic rings. The Labute approximate surface area is 53.7 Å². The third-order valence-electron chi connectivity index (χ3n) is 1.13. The molecule has 0 spiro atoms. The highest BCUT2D eigenvalue weighted by Gasteiger charge is 2.16. The first-order chi connectivity index (χ1) is 4.09. The molecule has 0 fully saturated rings. The van der Waals surface area contributed by atoms with Gasteiger partial charge in [-0.2, -0.15) is 0 Å². The molecule has 0 rings (SSSR count). The van der Waals surface area contributed by atoms with Gasteiger partial charge in [0.05, 0.1) is 0 Å². The first-order valence-corrected chi connectivity index (χ1v) is 2.73. The van der Waals surface area contributed by atoms with Gasteiger partial charge in [-0.15, -0.1) is 0 Å². The summed E-state index contributed by atoms with van der Waals surface area (Å²) in [5.41, 5.74) is 0. The Hall–Kier alpha value is -0.700. The van der Waals surface area contributed by atoms with E-state index in [0.29, 0.717) is 6.29 Å². The molecule has 0 aromatic heterocycles. The van der Waals surface area contributed by atoms with Crippen LogP contribution in [0.15, 0.2) is 0 Å². The van der Waals surface area contributed by atoms with Gasteiger partial charge in [-0.3, -0.25) is 4.79 Å². The van der Waals surface area contributed by atoms with Crippen LogP contribution in [0.2, 0.25) is 0 Å². The van der Waals surface area contributed by atoms with Crippen molar-refractivity contribution < 1.29 is 14.7 Å². The minimum Gasteiger partial charge on any atom is -0.385 e. The number of aliphatic hydroxyl groups is 1. The number of Topliss-reactive ketones (excluding diaryl/α,β-unsaturated/α-hetero) is 1. The predicted octanol–water partition coefficient (Wildman–Crippen LogP) is -0.229. The summed E-state index contributed by atoms with van der Waals surface area (Å²) in [5.74, 6) is -0.947. The maximum atomic E-state index is 10.3. The van der Waals surface area contributed by atoms with Crippen LogP contribution < -0.4 is 0 Å². The van der Waals surface area contributed by atoms with Crippen molar-refractivity contribution in [2.24, 2.45) is 5.92 Å². The first-order valence-electron chi connectivity index (χ1n) is 2.73. The predicted molar refractivity (Wildman–Crippen MR) is 31.9 cm³/mol. The topological polar surface area (TPSA) is 54.4 Å². The van der Waals surface area contributed by atoms with Crippen LogP contribution in [0.3, 0.4) is 0 Å². The van der Waals surface area contributed by atoms with E-state index in [4.69, 9.17) is 5.11 Å². The summed E-state index contributed by atoms with van der Waals surface area (Å²) in [4.78, 5) is 20.3. The summed E-state index contributed by atoms with van der Waals surface area (Å²) in [6, 6.07) is 0. The fourth-order valence-electron chi connectivity index (χ4n) is 0.445. The Morgan fingerprint density at radius 2 is 2.11 bits per heavy atom. The maximum Gasteiger partial charge on any atom is 0.158 e. The van der Waals surface area contributed by atoms with Crippen molar-refractivity contribution in [3.8, 4) is 0 Å². The second-order valence-corrected chi connectivity index (χ2v) is 2.05. The van der Waals surface area contributed by atoms with Gasteiger partial charge in [0.25, 0.3) is 0 Å². The molecule has 0 bridgehead atoms. The molecule has 0 saturated carbocycles. The standard InChI is InChI=1S/C6H10O3/c1-4(3-7)6(9)5(2)8/h3-4,6,9H,1-2H3/t4?,6-/m1/s1. The zero-order chi connectivity index (χ0) is 7.44. The van der Waals surface area contributed by atoms with E-state index in [0.717, 1.165) is 0 Å². The molecule has 2 atom stereocenters. The Bertz CT molecular complexity index is 119. The number of ketones is 1. The van der Waals surface area contributed by atoms with Crippen LogP contribution in [-0.4, -0.2) is 23.3 Å². The summed E-state index contributed by atoms with van der Waals surface area (Å²) in [5, 5.41) is 8.81. The highest BCUT2D eigenvalue weighted by atomic mass is 16.3. The Balaban J connectivity index is 3.86. The molecule has 1 N–H and O–H groups in total. The first kappa shape index (κ1) is 8.30. The van der Waals surface area contributed by atoms with Gasteiger partial charge in [-0.25, -0.2) is 0 Å². The lowest BCUT2D eigenvalue weighted by Gasteiger charge is -2.07. The molecule has 0 aliphatic heterocycles. The van der Waals surface area contributed by atoms with E-state index in [1.807, 2.05) is 0 Å². The average Bonchev–Trinajstić information content (AvgIpc) is 1.84. The van der Waals surface area contributed by atoms with Crippen molar-refractivity contribution in [1.29, 1.82) is 0 Å². The molecule has 0 aromatic carbocycles. The van der Waals surface area contributed by atoms with E-state index in [-0.39, 0.29) is 5.78 Å². The van der Waals surface area contributed by atoms with E-state index in [9.17, 15) is 9.59 Å². The van der Waals surface area contributed by atoms with Crippen LogP contribution in [0.25, 0.3) is 0 Å². The molecule has 3 heteroatoms. The van der Waals surface area contributed by atoms with Crippen molar-refractivity contribution in [2.75, 3.05) is 0 Å². The quantitative estimate of drug-likeness (QED) is 0.537. The number of hydrogen-bond donors (Lipinski definition) is 1. The summed E-state index contributed by atoms with van der Waals surface area (Å²) in [6.45, 7) is 2.75. The number of hydrogen-bond acceptors (Lipinski definition) is 3. The molecule has 0 aromatic rings. The minimum absolute atomic E-state index is 0.366. The molecule has 0 amide bonds. The maximum absolute atomic E-state index is 10.3. The Kier molecular flexibility index (Phi) is 3.09. The fourth-order valence-corrected chi connectivity index (χ4v) is 0.445. The molecule has 3 nitrogen and oxygen atoms in total. The van der Waals surface area contributed by atoms with Gasteiger partial charge in [0.2, 0.25) is 0 Å². The summed E-state index contributed by atoms with van der Waals surface area (Å²) in [7, 11) is 0. The van der Waals surface area contributed by atoms with Crippen molar-refractivity contribution in [1.82, 2.24) is 0 Å². The van der Waals surface area contributed by atoms with Crippen LogP contribution in [0, 0.1) is 5.92 Å². The van der Waals surface area contributed by atoms with E-state index < -0.39 is 12.0 Å². The lowest BCUT2D eigenvalue weighted by Crippen LogP contribution is -2.26. The summed E-state index contributed by atoms with van der Waals surface area (Å²) in [6.07, 6.45) is -0.561. The largest absolute Gasteiger partial charge is 0.385 e. The number of carbonyl (C=O) groups excluding carboxylic acids is 2. The normalized spacial score (nSPS) is 16.3. The molecule has 0 aliphatic carbocycles. The third-order valence-corrected chi connectivity index (χ3v) is 1.13. The van der Waals surface area contributed by atoms with E-state index in [2.05, 4.69) is 0 Å². The molecule has 1 unspecified atom stereocenters. The third kappa shape index (κ3) is 2.37. The van der Waals surface area contributed by atoms with Crippen molar-refractivity contribution in [2.45, 2.75) is 20.0 Å². The molecular weight excluding hydrogens is 120 g/mol. The van der Waals surface area contributed by atoms with Crippen molar-refractivity contribution in [3.05, 3.63) is 0 Å². The summed E-state index contributed by atoms with van der Waals surface area (Å²) < 4.78 is 0. The van der Waals surface area contributed by atoms with Gasteiger partial charge in [0.15, 0.2) is 5.78 Å². The van der Waals surface area contributed by atoms with Crippen LogP contribution in [0.1, 0.15) is 13.8 Å². The number of rotatable bonds is 3. The van der Waals surface area contributed by atoms with Gasteiger partial charge in [-0.05, 0) is 6.92 Å². The lowest BCUT2D eigenvalue weighted by atomic mass is 10.0. The number of carbonyl (C=O) groups is 2. The molecule has 0 saturated heterocycles. The molecule has 52 valence electrons. The van der Waals surface area contributed by atoms with Gasteiger partial charge in [0.1, 0.15) is 12.4 Å². The van der Waals surface area contributed by atoms with Crippen LogP contribution in [0.5, 0.6) is 0 Å². The van der Waals surface area contributed by atoms with Crippen LogP contribution >= 0.6 is 0 Å². The Morgan fingerprint density at radius 3 is 2.22 bits per heavy atom. The SMILES string of the molecule is CC(=O)[C@H](O)C(C)C=O. The molecular formula is C6H10O3. The van der Waals surface area contributed by atoms with Crippen molar-refractivity contribution in [3.63, 3.8) is 0 Å². The van der Waals surface area contributed by atoms with E-state index >= 15 is 0 Å². The van der Waals surface area contributed by atoms with Crippen molar-refractivity contribution >= 4 is 12.1 Å². The monoisotopic (exact) mass is 130 g/mol. The van der Waals surface area contributed by atoms with Crippen LogP contribution in [0.4, 0.5) is 0 Å². The zero-order valence-corrected chi connectivity index (χ0v) is 5.50. The molecule has 0 heterocycles. The van der Waals surface area contributed by atoms with Gasteiger partial charge < -0.3 is 9.90 Å². The second kappa shape index (κ2) is 3.35. The Morgan fingerprint density at radius 1 is 1.67 bits per heavy atom. The van der Waals surface area contributed by atoms with E-state index in [1.54, 1.807) is 0 Å².